The molecule has 124 valence electrons. The van der Waals surface area contributed by atoms with E-state index in [4.69, 9.17) is 0 Å². The summed E-state index contributed by atoms with van der Waals surface area (Å²) in [6.07, 6.45) is 8.90. The Morgan fingerprint density at radius 2 is 1.77 bits per heavy atom. The van der Waals surface area contributed by atoms with E-state index in [-0.39, 0.29) is 18.3 Å². The Balaban J connectivity index is 0.00000242. The van der Waals surface area contributed by atoms with Crippen molar-refractivity contribution in [2.45, 2.75) is 57.9 Å². The molecular weight excluding hydrogens is 296 g/mol. The van der Waals surface area contributed by atoms with Gasteiger partial charge in [0.05, 0.1) is 0 Å². The summed E-state index contributed by atoms with van der Waals surface area (Å²) in [6, 6.07) is 8.50. The lowest BCUT2D eigenvalue weighted by Crippen LogP contribution is -2.37. The van der Waals surface area contributed by atoms with Gasteiger partial charge in [-0.2, -0.15) is 0 Å². The fourth-order valence-electron chi connectivity index (χ4n) is 3.08. The van der Waals surface area contributed by atoms with Gasteiger partial charge in [0.15, 0.2) is 0 Å². The first-order valence-corrected chi connectivity index (χ1v) is 8.40. The number of aryl methyl sites for hydroxylation is 1. The molecule has 3 nitrogen and oxygen atoms in total. The van der Waals surface area contributed by atoms with Crippen LogP contribution in [0.4, 0.5) is 0 Å². The predicted molar refractivity (Wildman–Crippen MR) is 94.9 cm³/mol. The van der Waals surface area contributed by atoms with E-state index in [9.17, 15) is 4.79 Å². The van der Waals surface area contributed by atoms with Crippen molar-refractivity contribution < 1.29 is 4.79 Å². The summed E-state index contributed by atoms with van der Waals surface area (Å²) in [4.78, 5) is 12.2. The molecule has 0 atom stereocenters. The van der Waals surface area contributed by atoms with Gasteiger partial charge in [0.25, 0.3) is 5.91 Å². The lowest BCUT2D eigenvalue weighted by atomic mass is 10.0. The second-order valence-corrected chi connectivity index (χ2v) is 5.91. The SMILES string of the molecule is CCc1ccccc1C(=O)NCCNC1CCCCCC1.Cl. The maximum absolute atomic E-state index is 12.2. The fraction of sp³-hybridized carbons (Fsp3) is 0.611. The molecule has 0 radical (unpaired) electrons. The highest BCUT2D eigenvalue weighted by molar-refractivity contribution is 5.95. The van der Waals surface area contributed by atoms with Gasteiger partial charge in [0.1, 0.15) is 0 Å². The van der Waals surface area contributed by atoms with Crippen LogP contribution in [0.3, 0.4) is 0 Å². The molecule has 1 fully saturated rings. The minimum atomic E-state index is 0. The average molecular weight is 325 g/mol. The number of carbonyl (C=O) groups is 1. The van der Waals surface area contributed by atoms with Crippen LogP contribution < -0.4 is 10.6 Å². The van der Waals surface area contributed by atoms with Gasteiger partial charge in [-0.1, -0.05) is 50.8 Å². The number of rotatable bonds is 6. The van der Waals surface area contributed by atoms with Crippen LogP contribution in [-0.4, -0.2) is 25.0 Å². The predicted octanol–water partition coefficient (Wildman–Crippen LogP) is 3.71. The van der Waals surface area contributed by atoms with Gasteiger partial charge < -0.3 is 10.6 Å². The molecule has 0 aliphatic heterocycles. The third-order valence-corrected chi connectivity index (χ3v) is 4.34. The molecule has 1 aromatic rings. The minimum absolute atomic E-state index is 0. The van der Waals surface area contributed by atoms with Gasteiger partial charge in [-0.15, -0.1) is 12.4 Å². The normalized spacial score (nSPS) is 15.7. The Labute approximate surface area is 140 Å². The quantitative estimate of drug-likeness (QED) is 0.618. The molecule has 1 amide bonds. The largest absolute Gasteiger partial charge is 0.351 e. The third kappa shape index (κ3) is 5.98. The minimum Gasteiger partial charge on any atom is -0.351 e. The maximum Gasteiger partial charge on any atom is 0.251 e. The van der Waals surface area contributed by atoms with E-state index < -0.39 is 0 Å². The summed E-state index contributed by atoms with van der Waals surface area (Å²) in [5.74, 6) is 0.0510. The van der Waals surface area contributed by atoms with Crippen LogP contribution in [0.15, 0.2) is 24.3 Å². The Morgan fingerprint density at radius 1 is 1.09 bits per heavy atom. The van der Waals surface area contributed by atoms with Crippen molar-refractivity contribution in [3.63, 3.8) is 0 Å². The summed E-state index contributed by atoms with van der Waals surface area (Å²) in [5, 5.41) is 6.61. The monoisotopic (exact) mass is 324 g/mol. The molecule has 0 spiro atoms. The smallest absolute Gasteiger partial charge is 0.251 e. The number of halogens is 1. The molecule has 22 heavy (non-hydrogen) atoms. The molecule has 1 aliphatic rings. The molecule has 0 heterocycles. The van der Waals surface area contributed by atoms with Gasteiger partial charge in [0, 0.05) is 24.7 Å². The maximum atomic E-state index is 12.2. The van der Waals surface area contributed by atoms with Gasteiger partial charge in [-0.05, 0) is 30.9 Å². The van der Waals surface area contributed by atoms with E-state index >= 15 is 0 Å². The van der Waals surface area contributed by atoms with Gasteiger partial charge in [-0.3, -0.25) is 4.79 Å². The van der Waals surface area contributed by atoms with Crippen LogP contribution in [0.25, 0.3) is 0 Å². The van der Waals surface area contributed by atoms with Crippen LogP contribution in [-0.2, 0) is 6.42 Å². The van der Waals surface area contributed by atoms with Crippen LogP contribution in [0.1, 0.15) is 61.4 Å². The molecule has 1 saturated carbocycles. The zero-order valence-electron chi connectivity index (χ0n) is 13.6. The van der Waals surface area contributed by atoms with Crippen molar-refractivity contribution in [2.75, 3.05) is 13.1 Å². The third-order valence-electron chi connectivity index (χ3n) is 4.34. The number of nitrogens with one attached hydrogen (secondary N) is 2. The zero-order chi connectivity index (χ0) is 14.9. The summed E-state index contributed by atoms with van der Waals surface area (Å²) < 4.78 is 0. The second kappa shape index (κ2) is 10.6. The Morgan fingerprint density at radius 3 is 2.45 bits per heavy atom. The van der Waals surface area contributed by atoms with Crippen LogP contribution in [0.5, 0.6) is 0 Å². The van der Waals surface area contributed by atoms with E-state index in [1.165, 1.54) is 38.5 Å². The highest BCUT2D eigenvalue weighted by atomic mass is 35.5. The van der Waals surface area contributed by atoms with Crippen molar-refractivity contribution in [3.8, 4) is 0 Å². The molecule has 2 rings (SSSR count). The summed E-state index contributed by atoms with van der Waals surface area (Å²) in [6.45, 7) is 3.65. The highest BCUT2D eigenvalue weighted by Crippen LogP contribution is 2.16. The first-order chi connectivity index (χ1) is 10.3. The molecule has 0 saturated heterocycles. The molecule has 1 aliphatic carbocycles. The fourth-order valence-corrected chi connectivity index (χ4v) is 3.08. The van der Waals surface area contributed by atoms with E-state index in [0.29, 0.717) is 12.6 Å². The molecule has 4 heteroatoms. The Hall–Kier alpha value is -1.06. The van der Waals surface area contributed by atoms with Crippen molar-refractivity contribution in [1.82, 2.24) is 10.6 Å². The van der Waals surface area contributed by atoms with Gasteiger partial charge >= 0.3 is 0 Å². The van der Waals surface area contributed by atoms with Crippen molar-refractivity contribution in [2.24, 2.45) is 0 Å². The highest BCUT2D eigenvalue weighted by Gasteiger charge is 2.12. The zero-order valence-corrected chi connectivity index (χ0v) is 14.4. The lowest BCUT2D eigenvalue weighted by molar-refractivity contribution is 0.0952. The molecule has 2 N–H and O–H groups in total. The Kier molecular flexibility index (Phi) is 9.17. The van der Waals surface area contributed by atoms with Crippen molar-refractivity contribution in [1.29, 1.82) is 0 Å². The first-order valence-electron chi connectivity index (χ1n) is 8.40. The van der Waals surface area contributed by atoms with E-state index in [1.54, 1.807) is 0 Å². The standard InChI is InChI=1S/C18H28N2O.ClH/c1-2-15-9-7-8-12-17(15)18(21)20-14-13-19-16-10-5-3-4-6-11-16;/h7-9,12,16,19H,2-6,10-11,13-14H2,1H3,(H,20,21);1H. The van der Waals surface area contributed by atoms with Gasteiger partial charge in [0.2, 0.25) is 0 Å². The summed E-state index contributed by atoms with van der Waals surface area (Å²) in [7, 11) is 0. The number of amides is 1. The number of hydrogen-bond acceptors (Lipinski definition) is 2. The number of hydrogen-bond donors (Lipinski definition) is 2. The Bertz CT molecular complexity index is 442. The number of carbonyl (C=O) groups excluding carboxylic acids is 1. The van der Waals surface area contributed by atoms with Crippen molar-refractivity contribution >= 4 is 18.3 Å². The first kappa shape index (κ1) is 19.0. The summed E-state index contributed by atoms with van der Waals surface area (Å²) in [5.41, 5.74) is 1.93. The average Bonchev–Trinajstić information content (AvgIpc) is 2.80. The molecular formula is C18H29ClN2O. The molecule has 0 unspecified atom stereocenters. The summed E-state index contributed by atoms with van der Waals surface area (Å²) >= 11 is 0. The van der Waals surface area contributed by atoms with E-state index in [1.807, 2.05) is 24.3 Å². The number of benzene rings is 1. The molecule has 0 bridgehead atoms. The van der Waals surface area contributed by atoms with Crippen LogP contribution in [0.2, 0.25) is 0 Å². The van der Waals surface area contributed by atoms with Crippen LogP contribution >= 0.6 is 12.4 Å². The second-order valence-electron chi connectivity index (χ2n) is 5.91. The molecule has 1 aromatic carbocycles. The molecule has 0 aromatic heterocycles. The van der Waals surface area contributed by atoms with E-state index in [2.05, 4.69) is 17.6 Å². The van der Waals surface area contributed by atoms with Crippen LogP contribution in [0, 0.1) is 0 Å². The van der Waals surface area contributed by atoms with Crippen molar-refractivity contribution in [3.05, 3.63) is 35.4 Å². The lowest BCUT2D eigenvalue weighted by Gasteiger charge is -2.16. The van der Waals surface area contributed by atoms with Gasteiger partial charge in [-0.25, -0.2) is 0 Å². The topological polar surface area (TPSA) is 41.1 Å². The van der Waals surface area contributed by atoms with E-state index in [0.717, 1.165) is 24.1 Å².